The Morgan fingerprint density at radius 3 is 2.36 bits per heavy atom. The second-order valence-corrected chi connectivity index (χ2v) is 10.7. The van der Waals surface area contributed by atoms with Crippen molar-refractivity contribution < 1.29 is 4.79 Å². The van der Waals surface area contributed by atoms with Crippen LogP contribution in [0.1, 0.15) is 27.2 Å². The minimum Gasteiger partial charge on any atom is -0.336 e. The van der Waals surface area contributed by atoms with Gasteiger partial charge in [-0.3, -0.25) is 9.69 Å². The van der Waals surface area contributed by atoms with Crippen molar-refractivity contribution in [2.75, 3.05) is 26.2 Å². The molecule has 0 aliphatic carbocycles. The number of imidazole rings is 1. The van der Waals surface area contributed by atoms with Gasteiger partial charge in [0.15, 0.2) is 0 Å². The zero-order chi connectivity index (χ0) is 26.9. The van der Waals surface area contributed by atoms with Crippen molar-refractivity contribution in [3.8, 4) is 22.4 Å². The molecule has 0 unspecified atom stereocenters. The van der Waals surface area contributed by atoms with Gasteiger partial charge in [0.25, 0.3) is 5.91 Å². The number of fused-ring (bicyclic) bond motifs is 1. The Balaban J connectivity index is 1.31. The van der Waals surface area contributed by atoms with Gasteiger partial charge in [-0.1, -0.05) is 77.8 Å². The van der Waals surface area contributed by atoms with E-state index in [1.165, 1.54) is 22.3 Å². The van der Waals surface area contributed by atoms with Gasteiger partial charge in [0.2, 0.25) is 0 Å². The number of carbonyl (C=O) groups is 1. The number of aryl methyl sites for hydroxylation is 2. The SMILES string of the molecule is Cc1ccc(C)c(-c2ccc3nc(-c4ccccc4)c(CN4CCN(C(=O)c5ccccc5Cl)CC4)n3c2)c1. The Morgan fingerprint density at radius 1 is 0.846 bits per heavy atom. The molecule has 5 aromatic rings. The Labute approximate surface area is 234 Å². The van der Waals surface area contributed by atoms with Crippen molar-refractivity contribution in [3.05, 3.63) is 119 Å². The number of halogens is 1. The summed E-state index contributed by atoms with van der Waals surface area (Å²) in [4.78, 5) is 22.5. The summed E-state index contributed by atoms with van der Waals surface area (Å²) in [5.74, 6) is -0.00167. The van der Waals surface area contributed by atoms with Gasteiger partial charge in [0.1, 0.15) is 5.65 Å². The van der Waals surface area contributed by atoms with Gasteiger partial charge >= 0.3 is 0 Å². The maximum Gasteiger partial charge on any atom is 0.255 e. The van der Waals surface area contributed by atoms with E-state index in [1.54, 1.807) is 12.1 Å². The summed E-state index contributed by atoms with van der Waals surface area (Å²) in [6.07, 6.45) is 2.23. The highest BCUT2D eigenvalue weighted by molar-refractivity contribution is 6.33. The molecule has 0 atom stereocenters. The molecule has 1 fully saturated rings. The number of benzene rings is 3. The van der Waals surface area contributed by atoms with Gasteiger partial charge in [-0.05, 0) is 54.8 Å². The summed E-state index contributed by atoms with van der Waals surface area (Å²) in [6, 6.07) is 28.6. The molecule has 1 saturated heterocycles. The monoisotopic (exact) mass is 534 g/mol. The lowest BCUT2D eigenvalue weighted by Crippen LogP contribution is -2.48. The number of piperazine rings is 1. The predicted molar refractivity (Wildman–Crippen MR) is 158 cm³/mol. The number of carbonyl (C=O) groups excluding carboxylic acids is 1. The molecule has 39 heavy (non-hydrogen) atoms. The molecule has 0 N–H and O–H groups in total. The molecule has 6 heteroatoms. The number of hydrogen-bond acceptors (Lipinski definition) is 3. The number of nitrogens with zero attached hydrogens (tertiary/aromatic N) is 4. The highest BCUT2D eigenvalue weighted by Crippen LogP contribution is 2.30. The van der Waals surface area contributed by atoms with Crippen molar-refractivity contribution in [2.45, 2.75) is 20.4 Å². The van der Waals surface area contributed by atoms with Crippen molar-refractivity contribution >= 4 is 23.2 Å². The first-order valence-corrected chi connectivity index (χ1v) is 13.8. The molecule has 196 valence electrons. The average Bonchev–Trinajstić information content (AvgIpc) is 3.32. The lowest BCUT2D eigenvalue weighted by atomic mass is 10.00. The first-order chi connectivity index (χ1) is 19.0. The fraction of sp³-hybridized carbons (Fsp3) is 0.212. The number of rotatable bonds is 5. The van der Waals surface area contributed by atoms with E-state index in [1.807, 2.05) is 23.1 Å². The van der Waals surface area contributed by atoms with Crippen molar-refractivity contribution in [2.24, 2.45) is 0 Å². The molecule has 0 spiro atoms. The summed E-state index contributed by atoms with van der Waals surface area (Å²) in [7, 11) is 0. The predicted octanol–water partition coefficient (Wildman–Crippen LogP) is 6.90. The van der Waals surface area contributed by atoms with Crippen molar-refractivity contribution in [3.63, 3.8) is 0 Å². The maximum absolute atomic E-state index is 13.1. The van der Waals surface area contributed by atoms with E-state index >= 15 is 0 Å². The first-order valence-electron chi connectivity index (χ1n) is 13.4. The summed E-state index contributed by atoms with van der Waals surface area (Å²) in [6.45, 7) is 7.93. The fourth-order valence-corrected chi connectivity index (χ4v) is 5.62. The fourth-order valence-electron chi connectivity index (χ4n) is 5.40. The van der Waals surface area contributed by atoms with Crippen molar-refractivity contribution in [1.82, 2.24) is 19.2 Å². The van der Waals surface area contributed by atoms with Gasteiger partial charge in [0, 0.05) is 44.5 Å². The summed E-state index contributed by atoms with van der Waals surface area (Å²) < 4.78 is 2.25. The molecule has 1 aliphatic rings. The Morgan fingerprint density at radius 2 is 1.59 bits per heavy atom. The molecule has 3 aromatic carbocycles. The lowest BCUT2D eigenvalue weighted by Gasteiger charge is -2.35. The van der Waals surface area contributed by atoms with Gasteiger partial charge in [-0.25, -0.2) is 4.98 Å². The van der Waals surface area contributed by atoms with Crippen LogP contribution in [0.15, 0.2) is 91.1 Å². The van der Waals surface area contributed by atoms with Crippen LogP contribution >= 0.6 is 11.6 Å². The zero-order valence-electron chi connectivity index (χ0n) is 22.3. The molecular weight excluding hydrogens is 504 g/mol. The van der Waals surface area contributed by atoms with Gasteiger partial charge < -0.3 is 9.30 Å². The van der Waals surface area contributed by atoms with E-state index < -0.39 is 0 Å². The topological polar surface area (TPSA) is 40.9 Å². The molecular formula is C33H31ClN4O. The van der Waals surface area contributed by atoms with Crippen LogP contribution in [0.25, 0.3) is 28.0 Å². The van der Waals surface area contributed by atoms with Crippen LogP contribution in [0, 0.1) is 13.8 Å². The third-order valence-electron chi connectivity index (χ3n) is 7.61. The molecule has 3 heterocycles. The van der Waals surface area contributed by atoms with Crippen LogP contribution in [0.4, 0.5) is 0 Å². The van der Waals surface area contributed by atoms with Gasteiger partial charge in [-0.15, -0.1) is 0 Å². The van der Waals surface area contributed by atoms with Crippen molar-refractivity contribution in [1.29, 1.82) is 0 Å². The van der Waals surface area contributed by atoms with Crippen LogP contribution in [-0.2, 0) is 6.54 Å². The maximum atomic E-state index is 13.1. The third-order valence-corrected chi connectivity index (χ3v) is 7.94. The molecule has 0 bridgehead atoms. The molecule has 5 nitrogen and oxygen atoms in total. The Kier molecular flexibility index (Phi) is 6.94. The van der Waals surface area contributed by atoms with Gasteiger partial charge in [-0.2, -0.15) is 0 Å². The minimum absolute atomic E-state index is 0.00167. The molecule has 1 amide bonds. The summed E-state index contributed by atoms with van der Waals surface area (Å²) in [5.41, 5.74) is 9.70. The summed E-state index contributed by atoms with van der Waals surface area (Å²) in [5, 5.41) is 0.503. The molecule has 0 radical (unpaired) electrons. The van der Waals surface area contributed by atoms with Crippen LogP contribution < -0.4 is 0 Å². The lowest BCUT2D eigenvalue weighted by molar-refractivity contribution is 0.0627. The van der Waals surface area contributed by atoms with E-state index in [-0.39, 0.29) is 5.91 Å². The van der Waals surface area contributed by atoms with Crippen LogP contribution in [-0.4, -0.2) is 51.3 Å². The number of pyridine rings is 1. The van der Waals surface area contributed by atoms with E-state index in [2.05, 4.69) is 83.9 Å². The van der Waals surface area contributed by atoms with Gasteiger partial charge in [0.05, 0.1) is 22.0 Å². The largest absolute Gasteiger partial charge is 0.336 e. The van der Waals surface area contributed by atoms with E-state index in [4.69, 9.17) is 16.6 Å². The van der Waals surface area contributed by atoms with Crippen LogP contribution in [0.5, 0.6) is 0 Å². The van der Waals surface area contributed by atoms with E-state index in [9.17, 15) is 4.79 Å². The van der Waals surface area contributed by atoms with Crippen LogP contribution in [0.2, 0.25) is 5.02 Å². The Bertz CT molecular complexity index is 1650. The second-order valence-electron chi connectivity index (χ2n) is 10.3. The quantitative estimate of drug-likeness (QED) is 0.246. The highest BCUT2D eigenvalue weighted by atomic mass is 35.5. The number of aromatic nitrogens is 2. The smallest absolute Gasteiger partial charge is 0.255 e. The van der Waals surface area contributed by atoms with E-state index in [0.29, 0.717) is 23.7 Å². The number of amides is 1. The second kappa shape index (κ2) is 10.7. The molecule has 1 aliphatic heterocycles. The normalized spacial score (nSPS) is 14.2. The first kappa shape index (κ1) is 25.4. The average molecular weight is 535 g/mol. The molecule has 0 saturated carbocycles. The Hall–Kier alpha value is -3.93. The minimum atomic E-state index is -0.00167. The van der Waals surface area contributed by atoms with E-state index in [0.717, 1.165) is 42.2 Å². The number of hydrogen-bond donors (Lipinski definition) is 0. The molecule has 6 rings (SSSR count). The third kappa shape index (κ3) is 5.08. The highest BCUT2D eigenvalue weighted by Gasteiger charge is 2.25. The molecule has 2 aromatic heterocycles. The zero-order valence-corrected chi connectivity index (χ0v) is 23.0. The standard InChI is InChI=1S/C33H31ClN4O/c1-23-12-13-24(2)28(20-23)26-14-15-31-35-32(25-8-4-3-5-9-25)30(38(31)21-26)22-36-16-18-37(19-17-36)33(39)27-10-6-7-11-29(27)34/h3-15,20-21H,16-19,22H2,1-2H3. The summed E-state index contributed by atoms with van der Waals surface area (Å²) >= 11 is 6.30. The van der Waals surface area contributed by atoms with Crippen LogP contribution in [0.3, 0.4) is 0 Å².